The van der Waals surface area contributed by atoms with Gasteiger partial charge in [-0.15, -0.1) is 0 Å². The second-order valence-electron chi connectivity index (χ2n) is 6.90. The largest absolute Gasteiger partial charge is 0.361 e. The average Bonchev–Trinajstić information content (AvgIpc) is 2.78. The Morgan fingerprint density at radius 2 is 2.14 bits per heavy atom. The van der Waals surface area contributed by atoms with Crippen molar-refractivity contribution in [1.29, 1.82) is 0 Å². The third-order valence-electron chi connectivity index (χ3n) is 4.45. The van der Waals surface area contributed by atoms with Gasteiger partial charge in [0.05, 0.1) is 18.3 Å². The van der Waals surface area contributed by atoms with E-state index in [0.717, 1.165) is 42.9 Å². The quantitative estimate of drug-likeness (QED) is 0.839. The Bertz CT molecular complexity index is 491. The van der Waals surface area contributed by atoms with E-state index in [-0.39, 0.29) is 11.9 Å². The molecule has 1 aliphatic heterocycles. The van der Waals surface area contributed by atoms with Gasteiger partial charge < -0.3 is 9.42 Å². The number of aromatic nitrogens is 1. The number of rotatable bonds is 5. The summed E-state index contributed by atoms with van der Waals surface area (Å²) in [6.07, 6.45) is 3.31. The topological polar surface area (TPSA) is 49.6 Å². The smallest absolute Gasteiger partial charge is 0.239 e. The summed E-state index contributed by atoms with van der Waals surface area (Å²) in [6, 6.07) is 0.0293. The molecule has 0 spiro atoms. The summed E-state index contributed by atoms with van der Waals surface area (Å²) in [6.45, 7) is 10.9. The zero-order chi connectivity index (χ0) is 16.3. The van der Waals surface area contributed by atoms with Crippen LogP contribution >= 0.6 is 0 Å². The van der Waals surface area contributed by atoms with Gasteiger partial charge in [0.25, 0.3) is 0 Å². The van der Waals surface area contributed by atoms with Gasteiger partial charge in [0.15, 0.2) is 0 Å². The molecule has 2 rings (SSSR count). The lowest BCUT2D eigenvalue weighted by Crippen LogP contribution is -2.50. The number of likely N-dealkylation sites (tertiary alicyclic amines) is 1. The van der Waals surface area contributed by atoms with Gasteiger partial charge in [-0.25, -0.2) is 0 Å². The molecule has 22 heavy (non-hydrogen) atoms. The van der Waals surface area contributed by atoms with Crippen molar-refractivity contribution in [3.63, 3.8) is 0 Å². The normalized spacial score (nSPS) is 19.6. The molecule has 1 fully saturated rings. The van der Waals surface area contributed by atoms with Crippen LogP contribution in [0.4, 0.5) is 0 Å². The molecule has 0 bridgehead atoms. The van der Waals surface area contributed by atoms with Crippen molar-refractivity contribution >= 4 is 5.91 Å². The molecule has 1 aliphatic rings. The molecular formula is C17H29N3O2. The number of likely N-dealkylation sites (N-methyl/N-ethyl adjacent to an activating group) is 1. The van der Waals surface area contributed by atoms with Crippen molar-refractivity contribution in [3.05, 3.63) is 17.0 Å². The Morgan fingerprint density at radius 3 is 2.73 bits per heavy atom. The van der Waals surface area contributed by atoms with Crippen molar-refractivity contribution in [2.75, 3.05) is 20.1 Å². The third-order valence-corrected chi connectivity index (χ3v) is 4.45. The van der Waals surface area contributed by atoms with E-state index in [1.807, 2.05) is 25.8 Å². The standard InChI is InChI=1S/C17H29N3O2/c1-12(2)10-20-9-7-6-8-16(20)17(21)19(5)11-15-13(3)18-22-14(15)4/h12,16H,6-11H2,1-5H3. The average molecular weight is 307 g/mol. The molecule has 0 aromatic carbocycles. The van der Waals surface area contributed by atoms with Gasteiger partial charge in [-0.2, -0.15) is 0 Å². The van der Waals surface area contributed by atoms with Crippen molar-refractivity contribution in [2.45, 2.75) is 59.5 Å². The van der Waals surface area contributed by atoms with E-state index in [9.17, 15) is 4.79 Å². The maximum atomic E-state index is 12.9. The fraction of sp³-hybridized carbons (Fsp3) is 0.765. The first-order chi connectivity index (χ1) is 10.4. The van der Waals surface area contributed by atoms with Crippen LogP contribution in [0.1, 0.15) is 50.1 Å². The van der Waals surface area contributed by atoms with E-state index in [1.165, 1.54) is 6.42 Å². The summed E-state index contributed by atoms with van der Waals surface area (Å²) in [4.78, 5) is 17.1. The summed E-state index contributed by atoms with van der Waals surface area (Å²) in [7, 11) is 1.89. The second kappa shape index (κ2) is 7.27. The molecule has 0 saturated carbocycles. The summed E-state index contributed by atoms with van der Waals surface area (Å²) in [5, 5.41) is 3.97. The van der Waals surface area contributed by atoms with E-state index in [2.05, 4.69) is 23.9 Å². The first-order valence-electron chi connectivity index (χ1n) is 8.31. The van der Waals surface area contributed by atoms with Crippen molar-refractivity contribution < 1.29 is 9.32 Å². The first kappa shape index (κ1) is 17.0. The fourth-order valence-corrected chi connectivity index (χ4v) is 3.26. The van der Waals surface area contributed by atoms with Crippen LogP contribution in [0, 0.1) is 19.8 Å². The number of aryl methyl sites for hydroxylation is 2. The minimum Gasteiger partial charge on any atom is -0.361 e. The molecule has 1 aromatic rings. The van der Waals surface area contributed by atoms with Crippen LogP contribution in [0.15, 0.2) is 4.52 Å². The van der Waals surface area contributed by atoms with Crippen molar-refractivity contribution in [3.8, 4) is 0 Å². The van der Waals surface area contributed by atoms with Crippen LogP contribution in [0.3, 0.4) is 0 Å². The summed E-state index contributed by atoms with van der Waals surface area (Å²) >= 11 is 0. The number of hydrogen-bond donors (Lipinski definition) is 0. The number of piperidine rings is 1. The Kier molecular flexibility index (Phi) is 5.62. The Labute approximate surface area is 133 Å². The highest BCUT2D eigenvalue weighted by atomic mass is 16.5. The monoisotopic (exact) mass is 307 g/mol. The van der Waals surface area contributed by atoms with Gasteiger partial charge in [-0.05, 0) is 39.2 Å². The number of nitrogens with zero attached hydrogens (tertiary/aromatic N) is 3. The van der Waals surface area contributed by atoms with Crippen LogP contribution in [0.25, 0.3) is 0 Å². The summed E-state index contributed by atoms with van der Waals surface area (Å²) < 4.78 is 5.20. The summed E-state index contributed by atoms with van der Waals surface area (Å²) in [5.41, 5.74) is 1.90. The van der Waals surface area contributed by atoms with E-state index in [0.29, 0.717) is 12.5 Å². The molecule has 5 nitrogen and oxygen atoms in total. The number of hydrogen-bond acceptors (Lipinski definition) is 4. The highest BCUT2D eigenvalue weighted by Gasteiger charge is 2.31. The van der Waals surface area contributed by atoms with Crippen molar-refractivity contribution in [1.82, 2.24) is 15.0 Å². The molecule has 124 valence electrons. The molecule has 0 N–H and O–H groups in total. The van der Waals surface area contributed by atoms with Crippen LogP contribution in [-0.2, 0) is 11.3 Å². The van der Waals surface area contributed by atoms with E-state index < -0.39 is 0 Å². The minimum absolute atomic E-state index is 0.0293. The molecule has 0 radical (unpaired) electrons. The van der Waals surface area contributed by atoms with Gasteiger partial charge in [-0.3, -0.25) is 9.69 Å². The Hall–Kier alpha value is -1.36. The molecule has 1 saturated heterocycles. The molecular weight excluding hydrogens is 278 g/mol. The first-order valence-corrected chi connectivity index (χ1v) is 8.31. The molecule has 5 heteroatoms. The number of carbonyl (C=O) groups is 1. The van der Waals surface area contributed by atoms with Crippen LogP contribution in [0.2, 0.25) is 0 Å². The SMILES string of the molecule is Cc1noc(C)c1CN(C)C(=O)C1CCCCN1CC(C)C. The van der Waals surface area contributed by atoms with Gasteiger partial charge in [0, 0.05) is 19.2 Å². The van der Waals surface area contributed by atoms with E-state index in [1.54, 1.807) is 0 Å². The lowest BCUT2D eigenvalue weighted by molar-refractivity contribution is -0.137. The Balaban J connectivity index is 2.04. The van der Waals surface area contributed by atoms with Crippen LogP contribution < -0.4 is 0 Å². The molecule has 1 aromatic heterocycles. The van der Waals surface area contributed by atoms with E-state index in [4.69, 9.17) is 4.52 Å². The van der Waals surface area contributed by atoms with Crippen molar-refractivity contribution in [2.24, 2.45) is 5.92 Å². The predicted octanol–water partition coefficient (Wildman–Crippen LogP) is 2.76. The van der Waals surface area contributed by atoms with Gasteiger partial charge in [0.2, 0.25) is 5.91 Å². The van der Waals surface area contributed by atoms with Crippen LogP contribution in [0.5, 0.6) is 0 Å². The molecule has 0 aliphatic carbocycles. The lowest BCUT2D eigenvalue weighted by atomic mass is 9.99. The molecule has 1 unspecified atom stereocenters. The highest BCUT2D eigenvalue weighted by molar-refractivity contribution is 5.81. The van der Waals surface area contributed by atoms with Crippen LogP contribution in [-0.4, -0.2) is 47.0 Å². The maximum absolute atomic E-state index is 12.9. The second-order valence-corrected chi connectivity index (χ2v) is 6.90. The Morgan fingerprint density at radius 1 is 1.41 bits per heavy atom. The predicted molar refractivity (Wildman–Crippen MR) is 86.5 cm³/mol. The fourth-order valence-electron chi connectivity index (χ4n) is 3.26. The van der Waals surface area contributed by atoms with Gasteiger partial charge >= 0.3 is 0 Å². The van der Waals surface area contributed by atoms with Gasteiger partial charge in [-0.1, -0.05) is 25.4 Å². The zero-order valence-electron chi connectivity index (χ0n) is 14.6. The lowest BCUT2D eigenvalue weighted by Gasteiger charge is -2.37. The van der Waals surface area contributed by atoms with E-state index >= 15 is 0 Å². The minimum atomic E-state index is 0.0293. The molecule has 1 amide bonds. The number of carbonyl (C=O) groups excluding carboxylic acids is 1. The maximum Gasteiger partial charge on any atom is 0.239 e. The molecule has 1 atom stereocenters. The third kappa shape index (κ3) is 3.88. The zero-order valence-corrected chi connectivity index (χ0v) is 14.6. The number of amides is 1. The highest BCUT2D eigenvalue weighted by Crippen LogP contribution is 2.21. The molecule has 2 heterocycles. The van der Waals surface area contributed by atoms with Gasteiger partial charge in [0.1, 0.15) is 5.76 Å². The summed E-state index contributed by atoms with van der Waals surface area (Å²) in [5.74, 6) is 1.61.